The van der Waals surface area contributed by atoms with Crippen LogP contribution in [0, 0.1) is 0 Å². The minimum Gasteiger partial charge on any atom is -0.577 e. The largest absolute Gasteiger partial charge is 0.577 e. The highest BCUT2D eigenvalue weighted by molar-refractivity contribution is 6.79. The van der Waals surface area contributed by atoms with E-state index in [1.165, 1.54) is 6.55 Å². The van der Waals surface area contributed by atoms with Gasteiger partial charge >= 0.3 is 14.9 Å². The molecule has 0 aliphatic carbocycles. The molecule has 0 aromatic carbocycles. The molecule has 3 atom stereocenters. The van der Waals surface area contributed by atoms with Gasteiger partial charge in [0.1, 0.15) is 0 Å². The minimum absolute atomic E-state index is 0.193. The van der Waals surface area contributed by atoms with Crippen LogP contribution in [0.1, 0.15) is 19.8 Å². The maximum atomic E-state index is 11.6. The van der Waals surface area contributed by atoms with E-state index in [0.717, 1.165) is 0 Å². The summed E-state index contributed by atoms with van der Waals surface area (Å²) in [6.07, 6.45) is -0.637. The molecule has 0 saturated carbocycles. The average Bonchev–Trinajstić information content (AvgIpc) is 2.21. The third kappa shape index (κ3) is 8.61. The lowest BCUT2D eigenvalue weighted by molar-refractivity contribution is -0.138. The summed E-state index contributed by atoms with van der Waals surface area (Å²) >= 11 is 0. The fourth-order valence-electron chi connectivity index (χ4n) is 2.38. The van der Waals surface area contributed by atoms with Crippen LogP contribution >= 0.6 is 0 Å². The average molecular weight is 353 g/mol. The molecule has 0 aromatic rings. The zero-order chi connectivity index (χ0) is 16.8. The highest BCUT2D eigenvalue weighted by Crippen LogP contribution is 2.27. The van der Waals surface area contributed by atoms with E-state index in [9.17, 15) is 14.4 Å². The van der Waals surface area contributed by atoms with Crippen LogP contribution in [0.2, 0.25) is 38.8 Å². The Morgan fingerprint density at radius 1 is 1.29 bits per heavy atom. The highest BCUT2D eigenvalue weighted by Gasteiger charge is 2.44. The minimum atomic E-state index is -2.65. The van der Waals surface area contributed by atoms with E-state index in [-0.39, 0.29) is 18.2 Å². The van der Waals surface area contributed by atoms with Gasteiger partial charge in [-0.15, -0.1) is 0 Å². The molecule has 0 rings (SSSR count). The molecule has 124 valence electrons. The molecule has 0 heterocycles. The van der Waals surface area contributed by atoms with Gasteiger partial charge in [0.05, 0.1) is 18.3 Å². The number of carboxylic acids is 1. The van der Waals surface area contributed by atoms with E-state index in [1.807, 2.05) is 13.5 Å². The smallest absolute Gasteiger partial charge is 0.484 e. The Morgan fingerprint density at radius 2 is 1.81 bits per heavy atom. The van der Waals surface area contributed by atoms with Crippen molar-refractivity contribution in [3.63, 3.8) is 0 Å². The van der Waals surface area contributed by atoms with Crippen LogP contribution in [0.3, 0.4) is 0 Å². The number of carboxylic acid groups (broad SMARTS) is 1. The lowest BCUT2D eigenvalue weighted by atomic mass is 10.3. The van der Waals surface area contributed by atoms with Crippen molar-refractivity contribution in [2.45, 2.75) is 70.4 Å². The number of hydrogen-bond acceptors (Lipinski definition) is 5. The van der Waals surface area contributed by atoms with Gasteiger partial charge in [0.15, 0.2) is 8.32 Å². The van der Waals surface area contributed by atoms with Crippen molar-refractivity contribution in [2.24, 2.45) is 0 Å². The number of aliphatic carboxylic acids is 1. The maximum Gasteiger partial charge on any atom is 0.484 e. The summed E-state index contributed by atoms with van der Waals surface area (Å²) in [6.45, 7) is 11.5. The van der Waals surface area contributed by atoms with Gasteiger partial charge in [0, 0.05) is 12.6 Å². The molecule has 0 aliphatic heterocycles. The Balaban J connectivity index is 5.19. The molecule has 0 fully saturated rings. The van der Waals surface area contributed by atoms with E-state index in [1.54, 1.807) is 0 Å². The molecule has 6 nitrogen and oxygen atoms in total. The number of rotatable bonds is 10. The summed E-state index contributed by atoms with van der Waals surface area (Å²) in [5.74, 6) is -1.05. The molecular formula is C12H28O6Si3. The van der Waals surface area contributed by atoms with Crippen LogP contribution in [0.15, 0.2) is 0 Å². The second-order valence-corrected chi connectivity index (χ2v) is 16.4. The van der Waals surface area contributed by atoms with Gasteiger partial charge in [-0.2, -0.15) is 0 Å². The summed E-state index contributed by atoms with van der Waals surface area (Å²) in [6, 6.07) is 0.215. The molecule has 3 unspecified atom stereocenters. The lowest BCUT2D eigenvalue weighted by Gasteiger charge is -2.39. The molecule has 0 bridgehead atoms. The molecular weight excluding hydrogens is 324 g/mol. The molecule has 0 aromatic heterocycles. The van der Waals surface area contributed by atoms with Crippen LogP contribution in [-0.2, 0) is 17.8 Å². The maximum absolute atomic E-state index is 11.6. The summed E-state index contributed by atoms with van der Waals surface area (Å²) < 4.78 is 23.5. The summed E-state index contributed by atoms with van der Waals surface area (Å²) in [7, 11) is -6.65. The molecule has 0 aliphatic rings. The zero-order valence-electron chi connectivity index (χ0n) is 13.8. The normalized spacial score (nSPS) is 17.7. The Labute approximate surface area is 130 Å². The first kappa shape index (κ1) is 20.6. The van der Waals surface area contributed by atoms with Crippen molar-refractivity contribution in [1.29, 1.82) is 0 Å². The first-order valence-electron chi connectivity index (χ1n) is 7.17. The van der Waals surface area contributed by atoms with Crippen molar-refractivity contribution in [2.75, 3.05) is 0 Å². The molecule has 9 heteroatoms. The van der Waals surface area contributed by atoms with Crippen LogP contribution < -0.4 is 0 Å². The van der Waals surface area contributed by atoms with Gasteiger partial charge in [-0.25, -0.2) is 0 Å². The number of carbonyl (C=O) groups is 1. The Bertz CT molecular complexity index is 370. The van der Waals surface area contributed by atoms with Gasteiger partial charge in [0.25, 0.3) is 8.32 Å². The van der Waals surface area contributed by atoms with Gasteiger partial charge in [-0.05, 0) is 32.6 Å². The number of hydrogen-bond donors (Lipinski definition) is 2. The molecule has 0 saturated heterocycles. The van der Waals surface area contributed by atoms with Gasteiger partial charge in [-0.3, -0.25) is 4.79 Å². The van der Waals surface area contributed by atoms with E-state index >= 15 is 0 Å². The fourth-order valence-corrected chi connectivity index (χ4v) is 11.1. The van der Waals surface area contributed by atoms with E-state index in [4.69, 9.17) is 13.6 Å². The van der Waals surface area contributed by atoms with Crippen LogP contribution in [0.5, 0.6) is 0 Å². The third-order valence-electron chi connectivity index (χ3n) is 2.98. The summed E-state index contributed by atoms with van der Waals surface area (Å²) in [5, 5.41) is 18.7. The summed E-state index contributed by atoms with van der Waals surface area (Å²) in [5.41, 5.74) is -0.193. The van der Waals surface area contributed by atoms with E-state index in [2.05, 4.69) is 19.6 Å². The van der Waals surface area contributed by atoms with Crippen LogP contribution in [-0.4, -0.2) is 53.6 Å². The lowest BCUT2D eigenvalue weighted by Crippen LogP contribution is -2.55. The molecule has 0 radical (unpaired) electrons. The highest BCUT2D eigenvalue weighted by atomic mass is 28.4. The summed E-state index contributed by atoms with van der Waals surface area (Å²) in [4.78, 5) is 10.7. The first-order valence-corrected chi connectivity index (χ1v) is 15.1. The zero-order valence-corrected chi connectivity index (χ0v) is 16.8. The van der Waals surface area contributed by atoms with Crippen molar-refractivity contribution < 1.29 is 28.0 Å². The van der Waals surface area contributed by atoms with Crippen molar-refractivity contribution in [3.8, 4) is 0 Å². The molecule has 21 heavy (non-hydrogen) atoms. The number of aliphatic hydroxyl groups excluding tert-OH is 1. The van der Waals surface area contributed by atoms with Crippen LogP contribution in [0.4, 0.5) is 0 Å². The molecule has 0 spiro atoms. The van der Waals surface area contributed by atoms with Gasteiger partial charge in [-0.1, -0.05) is 6.92 Å². The standard InChI is InChI=1S/C12H28O6Si3/c1-7-12(17-20(3,4)5)21(6,18-19(2)16)9-10(13)8-11(14)15/h10,12-13H,7-9H2,1-6H3,(H,14,15). The monoisotopic (exact) mass is 352 g/mol. The Kier molecular flexibility index (Phi) is 8.18. The molecule has 2 N–H and O–H groups in total. The van der Waals surface area contributed by atoms with E-state index < -0.39 is 37.6 Å². The Hall–Kier alpha value is -0.359. The van der Waals surface area contributed by atoms with Crippen LogP contribution in [0.25, 0.3) is 0 Å². The number of aliphatic hydroxyl groups is 1. The van der Waals surface area contributed by atoms with Crippen molar-refractivity contribution in [1.82, 2.24) is 0 Å². The molecule has 0 amide bonds. The van der Waals surface area contributed by atoms with Crippen molar-refractivity contribution >= 4 is 31.5 Å². The van der Waals surface area contributed by atoms with Gasteiger partial charge in [0.2, 0.25) is 0 Å². The van der Waals surface area contributed by atoms with Crippen molar-refractivity contribution in [3.05, 3.63) is 0 Å². The third-order valence-corrected chi connectivity index (χ3v) is 10.4. The Morgan fingerprint density at radius 3 is 2.14 bits per heavy atom. The second-order valence-electron chi connectivity index (χ2n) is 6.49. The predicted molar refractivity (Wildman–Crippen MR) is 86.6 cm³/mol. The topological polar surface area (TPSA) is 93.1 Å². The second kappa shape index (κ2) is 8.32. The van der Waals surface area contributed by atoms with E-state index in [0.29, 0.717) is 6.42 Å². The SMILES string of the molecule is CCC(O[Si](C)(C)C)[Si](C)(CC(O)CC(=O)O)O[Si](C)=O. The predicted octanol–water partition coefficient (Wildman–Crippen LogP) is 2.13. The fraction of sp³-hybridized carbons (Fsp3) is 0.917. The quantitative estimate of drug-likeness (QED) is 0.585. The van der Waals surface area contributed by atoms with Gasteiger partial charge < -0.3 is 23.2 Å². The first-order chi connectivity index (χ1) is 9.39.